The SMILES string of the molecule is COc1cc(-c2c(Cl)cc(Cl)cc2Cl)ccc1C(F)F. The lowest BCUT2D eigenvalue weighted by Gasteiger charge is -2.12. The van der Waals surface area contributed by atoms with Gasteiger partial charge in [0.25, 0.3) is 6.43 Å². The zero-order chi connectivity index (χ0) is 14.9. The predicted molar refractivity (Wildman–Crippen MR) is 78.4 cm³/mol. The minimum absolute atomic E-state index is 0.0829. The largest absolute Gasteiger partial charge is 0.496 e. The van der Waals surface area contributed by atoms with Crippen LogP contribution >= 0.6 is 34.8 Å². The molecule has 0 aliphatic rings. The number of hydrogen-bond acceptors (Lipinski definition) is 1. The quantitative estimate of drug-likeness (QED) is 0.642. The summed E-state index contributed by atoms with van der Waals surface area (Å²) in [7, 11) is 1.33. The maximum absolute atomic E-state index is 12.8. The zero-order valence-electron chi connectivity index (χ0n) is 10.3. The lowest BCUT2D eigenvalue weighted by Crippen LogP contribution is -1.93. The number of hydrogen-bond donors (Lipinski definition) is 0. The Morgan fingerprint density at radius 1 is 1.00 bits per heavy atom. The molecule has 0 aromatic heterocycles. The minimum Gasteiger partial charge on any atom is -0.496 e. The van der Waals surface area contributed by atoms with Crippen LogP contribution < -0.4 is 4.74 Å². The predicted octanol–water partition coefficient (Wildman–Crippen LogP) is 6.26. The van der Waals surface area contributed by atoms with Gasteiger partial charge in [0.2, 0.25) is 0 Å². The number of methoxy groups -OCH3 is 1. The second-order valence-corrected chi connectivity index (χ2v) is 5.25. The maximum Gasteiger partial charge on any atom is 0.267 e. The third-order valence-electron chi connectivity index (χ3n) is 2.76. The molecule has 0 aliphatic carbocycles. The summed E-state index contributed by atoms with van der Waals surface area (Å²) in [5.41, 5.74) is 0.923. The number of ether oxygens (including phenoxy) is 1. The van der Waals surface area contributed by atoms with Crippen LogP contribution in [-0.4, -0.2) is 7.11 Å². The Hall–Kier alpha value is -1.03. The molecule has 0 saturated carbocycles. The summed E-state index contributed by atoms with van der Waals surface area (Å²) in [5, 5.41) is 1.09. The van der Waals surface area contributed by atoms with Gasteiger partial charge in [-0.25, -0.2) is 8.78 Å². The average molecular weight is 338 g/mol. The van der Waals surface area contributed by atoms with Crippen molar-refractivity contribution in [2.45, 2.75) is 6.43 Å². The van der Waals surface area contributed by atoms with Gasteiger partial charge in [-0.15, -0.1) is 0 Å². The van der Waals surface area contributed by atoms with Gasteiger partial charge in [0, 0.05) is 10.6 Å². The van der Waals surface area contributed by atoms with Gasteiger partial charge in [-0.05, 0) is 29.8 Å². The molecule has 0 fully saturated rings. The Bertz CT molecular complexity index is 621. The van der Waals surface area contributed by atoms with Crippen LogP contribution in [0.2, 0.25) is 15.1 Å². The van der Waals surface area contributed by atoms with E-state index >= 15 is 0 Å². The summed E-state index contributed by atoms with van der Waals surface area (Å²) in [6.45, 7) is 0. The molecular weight excluding hydrogens is 329 g/mol. The number of benzene rings is 2. The van der Waals surface area contributed by atoms with Crippen molar-refractivity contribution in [2.75, 3.05) is 7.11 Å². The Labute approximate surface area is 130 Å². The highest BCUT2D eigenvalue weighted by Crippen LogP contribution is 2.40. The molecule has 0 unspecified atom stereocenters. The van der Waals surface area contributed by atoms with Crippen molar-refractivity contribution in [2.24, 2.45) is 0 Å². The first-order chi connectivity index (χ1) is 9.43. The smallest absolute Gasteiger partial charge is 0.267 e. The molecule has 0 heterocycles. The Balaban J connectivity index is 2.60. The van der Waals surface area contributed by atoms with E-state index in [1.807, 2.05) is 0 Å². The van der Waals surface area contributed by atoms with E-state index in [0.29, 0.717) is 26.2 Å². The molecule has 2 rings (SSSR count). The number of rotatable bonds is 3. The highest BCUT2D eigenvalue weighted by Gasteiger charge is 2.17. The molecule has 1 nitrogen and oxygen atoms in total. The van der Waals surface area contributed by atoms with Crippen molar-refractivity contribution in [3.05, 3.63) is 51.0 Å². The Kier molecular flexibility index (Phi) is 4.74. The van der Waals surface area contributed by atoms with Gasteiger partial charge in [0.15, 0.2) is 0 Å². The molecule has 2 aromatic carbocycles. The van der Waals surface area contributed by atoms with Crippen LogP contribution in [0.25, 0.3) is 11.1 Å². The third kappa shape index (κ3) is 3.00. The van der Waals surface area contributed by atoms with E-state index < -0.39 is 6.43 Å². The first-order valence-electron chi connectivity index (χ1n) is 5.55. The van der Waals surface area contributed by atoms with Gasteiger partial charge < -0.3 is 4.74 Å². The summed E-state index contributed by atoms with van der Waals surface area (Å²) in [4.78, 5) is 0. The molecule has 0 saturated heterocycles. The van der Waals surface area contributed by atoms with Crippen LogP contribution in [0.3, 0.4) is 0 Å². The normalized spacial score (nSPS) is 10.9. The first-order valence-corrected chi connectivity index (χ1v) is 6.68. The second kappa shape index (κ2) is 6.17. The van der Waals surface area contributed by atoms with Crippen LogP contribution in [0.1, 0.15) is 12.0 Å². The molecule has 20 heavy (non-hydrogen) atoms. The lowest BCUT2D eigenvalue weighted by atomic mass is 10.0. The van der Waals surface area contributed by atoms with E-state index in [1.54, 1.807) is 0 Å². The Morgan fingerprint density at radius 3 is 2.10 bits per heavy atom. The summed E-state index contributed by atoms with van der Waals surface area (Å²) >= 11 is 18.1. The molecule has 0 atom stereocenters. The zero-order valence-corrected chi connectivity index (χ0v) is 12.5. The van der Waals surface area contributed by atoms with Gasteiger partial charge in [-0.1, -0.05) is 40.9 Å². The van der Waals surface area contributed by atoms with E-state index in [1.165, 1.54) is 37.4 Å². The molecule has 0 amide bonds. The molecule has 106 valence electrons. The van der Waals surface area contributed by atoms with E-state index in [2.05, 4.69) is 0 Å². The van der Waals surface area contributed by atoms with Crippen LogP contribution in [0, 0.1) is 0 Å². The summed E-state index contributed by atoms with van der Waals surface area (Å²) < 4.78 is 30.6. The van der Waals surface area contributed by atoms with Gasteiger partial charge in [0.1, 0.15) is 5.75 Å². The van der Waals surface area contributed by atoms with Crippen molar-refractivity contribution in [1.29, 1.82) is 0 Å². The third-order valence-corrected chi connectivity index (χ3v) is 3.58. The van der Waals surface area contributed by atoms with Crippen molar-refractivity contribution >= 4 is 34.8 Å². The van der Waals surface area contributed by atoms with Gasteiger partial charge in [-0.3, -0.25) is 0 Å². The summed E-state index contributed by atoms with van der Waals surface area (Å²) in [6.07, 6.45) is -2.62. The maximum atomic E-state index is 12.8. The van der Waals surface area contributed by atoms with Crippen LogP contribution in [0.4, 0.5) is 8.78 Å². The molecule has 0 bridgehead atoms. The number of alkyl halides is 2. The van der Waals surface area contributed by atoms with Crippen LogP contribution in [-0.2, 0) is 0 Å². The molecule has 0 N–H and O–H groups in total. The van der Waals surface area contributed by atoms with Crippen molar-refractivity contribution in [3.63, 3.8) is 0 Å². The van der Waals surface area contributed by atoms with Crippen LogP contribution in [0.15, 0.2) is 30.3 Å². The first kappa shape index (κ1) is 15.4. The molecule has 0 aliphatic heterocycles. The van der Waals surface area contributed by atoms with E-state index in [0.717, 1.165) is 0 Å². The van der Waals surface area contributed by atoms with Gasteiger partial charge in [0.05, 0.1) is 22.7 Å². The minimum atomic E-state index is -2.62. The lowest BCUT2D eigenvalue weighted by molar-refractivity contribution is 0.147. The standard InChI is InChI=1S/C14H9Cl3F2O/c1-20-12-4-7(2-3-9(12)14(18)19)13-10(16)5-8(15)6-11(13)17/h2-6,14H,1H3. The average Bonchev–Trinajstić information content (AvgIpc) is 2.37. The number of halogens is 5. The molecule has 2 aromatic rings. The topological polar surface area (TPSA) is 9.23 Å². The fraction of sp³-hybridized carbons (Fsp3) is 0.143. The van der Waals surface area contributed by atoms with Crippen molar-refractivity contribution in [1.82, 2.24) is 0 Å². The summed E-state index contributed by atoms with van der Waals surface area (Å²) in [5.74, 6) is 0.0829. The van der Waals surface area contributed by atoms with Crippen LogP contribution in [0.5, 0.6) is 5.75 Å². The Morgan fingerprint density at radius 2 is 1.60 bits per heavy atom. The van der Waals surface area contributed by atoms with Crippen molar-refractivity contribution in [3.8, 4) is 16.9 Å². The summed E-state index contributed by atoms with van der Waals surface area (Å²) in [6, 6.07) is 7.36. The van der Waals surface area contributed by atoms with Gasteiger partial charge >= 0.3 is 0 Å². The fourth-order valence-electron chi connectivity index (χ4n) is 1.86. The monoisotopic (exact) mass is 336 g/mol. The van der Waals surface area contributed by atoms with Crippen molar-refractivity contribution < 1.29 is 13.5 Å². The molecule has 0 spiro atoms. The second-order valence-electron chi connectivity index (χ2n) is 4.00. The molecule has 0 radical (unpaired) electrons. The highest BCUT2D eigenvalue weighted by atomic mass is 35.5. The fourth-order valence-corrected chi connectivity index (χ4v) is 2.90. The van der Waals surface area contributed by atoms with Gasteiger partial charge in [-0.2, -0.15) is 0 Å². The van der Waals surface area contributed by atoms with E-state index in [4.69, 9.17) is 39.5 Å². The molecule has 6 heteroatoms. The molecular formula is C14H9Cl3F2O. The van der Waals surface area contributed by atoms with E-state index in [9.17, 15) is 8.78 Å². The highest BCUT2D eigenvalue weighted by molar-refractivity contribution is 6.41. The van der Waals surface area contributed by atoms with E-state index in [-0.39, 0.29) is 11.3 Å².